The van der Waals surface area contributed by atoms with Crippen molar-refractivity contribution < 1.29 is 9.53 Å². The van der Waals surface area contributed by atoms with Crippen LogP contribution in [0, 0.1) is 11.8 Å². The second-order valence-electron chi connectivity index (χ2n) is 3.46. The zero-order chi connectivity index (χ0) is 11.8. The summed E-state index contributed by atoms with van der Waals surface area (Å²) < 4.78 is 5.01. The van der Waals surface area contributed by atoms with Gasteiger partial charge in [-0.15, -0.1) is 0 Å². The van der Waals surface area contributed by atoms with Gasteiger partial charge in [-0.05, 0) is 36.6 Å². The molecule has 0 heterocycles. The molecule has 1 rings (SSSR count). The van der Waals surface area contributed by atoms with Crippen molar-refractivity contribution in [2.75, 3.05) is 7.11 Å². The molecule has 0 bridgehead atoms. The quantitative estimate of drug-likeness (QED) is 0.334. The van der Waals surface area contributed by atoms with E-state index in [1.54, 1.807) is 31.4 Å². The maximum absolute atomic E-state index is 11.6. The summed E-state index contributed by atoms with van der Waals surface area (Å²) in [6.45, 7) is 2.10. The van der Waals surface area contributed by atoms with Gasteiger partial charge in [0.15, 0.2) is 0 Å². The van der Waals surface area contributed by atoms with Gasteiger partial charge < -0.3 is 4.74 Å². The van der Waals surface area contributed by atoms with Gasteiger partial charge in [-0.25, -0.2) is 0 Å². The number of rotatable bonds is 4. The zero-order valence-corrected chi connectivity index (χ0v) is 9.75. The first-order valence-electron chi connectivity index (χ1n) is 5.45. The molecule has 1 aromatic carbocycles. The highest BCUT2D eigenvalue weighted by atomic mass is 16.5. The van der Waals surface area contributed by atoms with Crippen molar-refractivity contribution in [3.05, 3.63) is 29.8 Å². The molecule has 0 amide bonds. The predicted molar refractivity (Wildman–Crippen MR) is 64.6 cm³/mol. The summed E-state index contributed by atoms with van der Waals surface area (Å²) in [5.74, 6) is 6.14. The Balaban J connectivity index is 2.61. The van der Waals surface area contributed by atoms with E-state index in [4.69, 9.17) is 4.74 Å². The number of methoxy groups -OCH3 is 1. The maximum Gasteiger partial charge on any atom is 0.235 e. The monoisotopic (exact) mass is 216 g/mol. The first-order valence-corrected chi connectivity index (χ1v) is 5.45. The molecule has 0 radical (unpaired) electrons. The highest BCUT2D eigenvalue weighted by Gasteiger charge is 2.01. The molecule has 0 saturated heterocycles. The van der Waals surface area contributed by atoms with Gasteiger partial charge in [0.2, 0.25) is 5.78 Å². The molecule has 0 saturated carbocycles. The van der Waals surface area contributed by atoms with E-state index in [9.17, 15) is 4.79 Å². The summed E-state index contributed by atoms with van der Waals surface area (Å²) in [4.78, 5) is 11.6. The fourth-order valence-electron chi connectivity index (χ4n) is 1.22. The molecule has 0 N–H and O–H groups in total. The Bertz CT molecular complexity index is 393. The normalized spacial score (nSPS) is 9.12. The van der Waals surface area contributed by atoms with Crippen LogP contribution in [0.3, 0.4) is 0 Å². The topological polar surface area (TPSA) is 26.3 Å². The van der Waals surface area contributed by atoms with Gasteiger partial charge >= 0.3 is 0 Å². The minimum absolute atomic E-state index is 0.126. The van der Waals surface area contributed by atoms with Crippen LogP contribution >= 0.6 is 0 Å². The zero-order valence-electron chi connectivity index (χ0n) is 9.75. The number of hydrogen-bond acceptors (Lipinski definition) is 2. The van der Waals surface area contributed by atoms with Crippen LogP contribution in [0.15, 0.2) is 24.3 Å². The van der Waals surface area contributed by atoms with Crippen LogP contribution in [-0.4, -0.2) is 12.9 Å². The number of carbonyl (C=O) groups excluding carboxylic acids is 1. The standard InChI is InChI=1S/C14H16O2/c1-3-4-5-6-7-14(15)12-8-10-13(16-2)11-9-12/h8-11H,3-5H2,1-2H3. The fraction of sp³-hybridized carbons (Fsp3) is 0.357. The van der Waals surface area contributed by atoms with Gasteiger partial charge in [0, 0.05) is 12.0 Å². The van der Waals surface area contributed by atoms with Crippen LogP contribution < -0.4 is 4.74 Å². The van der Waals surface area contributed by atoms with Gasteiger partial charge in [0.25, 0.3) is 0 Å². The van der Waals surface area contributed by atoms with Crippen LogP contribution in [0.1, 0.15) is 36.5 Å². The second kappa shape index (κ2) is 6.68. The van der Waals surface area contributed by atoms with Crippen molar-refractivity contribution in [3.8, 4) is 17.6 Å². The van der Waals surface area contributed by atoms with E-state index < -0.39 is 0 Å². The van der Waals surface area contributed by atoms with Crippen LogP contribution in [0.5, 0.6) is 5.75 Å². The number of hydrogen-bond donors (Lipinski definition) is 0. The average molecular weight is 216 g/mol. The van der Waals surface area contributed by atoms with Crippen LogP contribution in [0.25, 0.3) is 0 Å². The summed E-state index contributed by atoms with van der Waals surface area (Å²) in [7, 11) is 1.60. The van der Waals surface area contributed by atoms with Crippen LogP contribution in [0.4, 0.5) is 0 Å². The number of Topliss-reactive ketones (excluding diaryl/α,β-unsaturated/α-hetero) is 1. The Kier molecular flexibility index (Phi) is 5.15. The molecule has 0 spiro atoms. The summed E-state index contributed by atoms with van der Waals surface area (Å²) in [6.07, 6.45) is 2.94. The summed E-state index contributed by atoms with van der Waals surface area (Å²) in [5.41, 5.74) is 0.616. The second-order valence-corrected chi connectivity index (χ2v) is 3.46. The van der Waals surface area contributed by atoms with Crippen LogP contribution in [-0.2, 0) is 0 Å². The number of benzene rings is 1. The molecule has 84 valence electrons. The average Bonchev–Trinajstić information content (AvgIpc) is 2.34. The molecule has 0 unspecified atom stereocenters. The van der Waals surface area contributed by atoms with Crippen molar-refractivity contribution in [1.29, 1.82) is 0 Å². The van der Waals surface area contributed by atoms with E-state index in [0.29, 0.717) is 5.56 Å². The first-order chi connectivity index (χ1) is 7.77. The Hall–Kier alpha value is -1.75. The first kappa shape index (κ1) is 12.3. The number of unbranched alkanes of at least 4 members (excludes halogenated alkanes) is 2. The van der Waals surface area contributed by atoms with E-state index in [2.05, 4.69) is 18.8 Å². The molecule has 0 fully saturated rings. The van der Waals surface area contributed by atoms with E-state index in [1.165, 1.54) is 0 Å². The summed E-state index contributed by atoms with van der Waals surface area (Å²) in [5, 5.41) is 0. The number of carbonyl (C=O) groups is 1. The summed E-state index contributed by atoms with van der Waals surface area (Å²) >= 11 is 0. The number of ketones is 1. The van der Waals surface area contributed by atoms with Crippen molar-refractivity contribution in [2.45, 2.75) is 26.2 Å². The fourth-order valence-corrected chi connectivity index (χ4v) is 1.22. The van der Waals surface area contributed by atoms with Gasteiger partial charge in [-0.1, -0.05) is 19.3 Å². The lowest BCUT2D eigenvalue weighted by Gasteiger charge is -1.98. The third kappa shape index (κ3) is 3.78. The molecule has 0 aliphatic carbocycles. The Morgan fingerprint density at radius 1 is 1.31 bits per heavy atom. The highest BCUT2D eigenvalue weighted by Crippen LogP contribution is 2.11. The van der Waals surface area contributed by atoms with Gasteiger partial charge in [0.1, 0.15) is 5.75 Å². The largest absolute Gasteiger partial charge is 0.497 e. The van der Waals surface area contributed by atoms with Crippen molar-refractivity contribution in [1.82, 2.24) is 0 Å². The third-order valence-corrected chi connectivity index (χ3v) is 2.21. The highest BCUT2D eigenvalue weighted by molar-refractivity contribution is 6.09. The summed E-state index contributed by atoms with van der Waals surface area (Å²) in [6, 6.07) is 6.99. The lowest BCUT2D eigenvalue weighted by Crippen LogP contribution is -1.94. The smallest absolute Gasteiger partial charge is 0.235 e. The van der Waals surface area contributed by atoms with Crippen molar-refractivity contribution >= 4 is 5.78 Å². The Morgan fingerprint density at radius 3 is 2.56 bits per heavy atom. The third-order valence-electron chi connectivity index (χ3n) is 2.21. The van der Waals surface area contributed by atoms with Crippen molar-refractivity contribution in [3.63, 3.8) is 0 Å². The van der Waals surface area contributed by atoms with E-state index in [-0.39, 0.29) is 5.78 Å². The molecule has 2 heteroatoms. The lowest BCUT2D eigenvalue weighted by molar-refractivity contribution is 0.105. The predicted octanol–water partition coefficient (Wildman–Crippen LogP) is 3.07. The van der Waals surface area contributed by atoms with E-state index in [1.807, 2.05) is 0 Å². The molecule has 16 heavy (non-hydrogen) atoms. The molecular formula is C14H16O2. The molecule has 0 aliphatic heterocycles. The minimum atomic E-state index is -0.126. The Morgan fingerprint density at radius 2 is 2.00 bits per heavy atom. The van der Waals surface area contributed by atoms with Gasteiger partial charge in [-0.2, -0.15) is 0 Å². The molecule has 1 aromatic rings. The Labute approximate surface area is 96.6 Å². The SMILES string of the molecule is CCCCC#CC(=O)c1ccc(OC)cc1. The molecule has 0 aliphatic rings. The van der Waals surface area contributed by atoms with E-state index in [0.717, 1.165) is 25.0 Å². The minimum Gasteiger partial charge on any atom is -0.497 e. The molecule has 0 aromatic heterocycles. The van der Waals surface area contributed by atoms with E-state index >= 15 is 0 Å². The number of ether oxygens (including phenoxy) is 1. The lowest BCUT2D eigenvalue weighted by atomic mass is 10.1. The van der Waals surface area contributed by atoms with Crippen molar-refractivity contribution in [2.24, 2.45) is 0 Å². The van der Waals surface area contributed by atoms with Crippen LogP contribution in [0.2, 0.25) is 0 Å². The maximum atomic E-state index is 11.6. The van der Waals surface area contributed by atoms with Gasteiger partial charge in [0.05, 0.1) is 7.11 Å². The van der Waals surface area contributed by atoms with Gasteiger partial charge in [-0.3, -0.25) is 4.79 Å². The molecular weight excluding hydrogens is 200 g/mol. The molecule has 2 nitrogen and oxygen atoms in total. The molecule has 0 atom stereocenters.